The summed E-state index contributed by atoms with van der Waals surface area (Å²) in [4.78, 5) is 12.0. The van der Waals surface area contributed by atoms with Gasteiger partial charge in [-0.15, -0.1) is 0 Å². The molecule has 2 unspecified atom stereocenters. The lowest BCUT2D eigenvalue weighted by Crippen LogP contribution is -2.45. The number of rotatable bonds is 6. The van der Waals surface area contributed by atoms with E-state index >= 15 is 0 Å². The van der Waals surface area contributed by atoms with Crippen LogP contribution in [0.15, 0.2) is 24.3 Å². The molecule has 0 bridgehead atoms. The van der Waals surface area contributed by atoms with Crippen LogP contribution in [0.2, 0.25) is 0 Å². The Labute approximate surface area is 127 Å². The molecule has 1 aromatic carbocycles. The van der Waals surface area contributed by atoms with Gasteiger partial charge in [0.15, 0.2) is 0 Å². The zero-order valence-electron chi connectivity index (χ0n) is 12.8. The first-order chi connectivity index (χ1) is 10.2. The second-order valence-corrected chi connectivity index (χ2v) is 5.42. The van der Waals surface area contributed by atoms with Crippen LogP contribution >= 0.6 is 0 Å². The molecule has 0 saturated carbocycles. The molecular formula is C15H21F3N2O2. The summed E-state index contributed by atoms with van der Waals surface area (Å²) < 4.78 is 43.2. The van der Waals surface area contributed by atoms with Gasteiger partial charge in [-0.25, -0.2) is 0 Å². The number of amides is 1. The third-order valence-corrected chi connectivity index (χ3v) is 3.22. The molecule has 124 valence electrons. The Morgan fingerprint density at radius 3 is 2.50 bits per heavy atom. The summed E-state index contributed by atoms with van der Waals surface area (Å²) in [5.41, 5.74) is 5.28. The van der Waals surface area contributed by atoms with Crippen molar-refractivity contribution in [3.8, 4) is 0 Å². The quantitative estimate of drug-likeness (QED) is 0.847. The Morgan fingerprint density at radius 2 is 2.00 bits per heavy atom. The maximum absolute atomic E-state index is 12.8. The van der Waals surface area contributed by atoms with E-state index in [4.69, 9.17) is 10.5 Å². The molecule has 1 rings (SSSR count). The average Bonchev–Trinajstić information content (AvgIpc) is 2.43. The van der Waals surface area contributed by atoms with Crippen molar-refractivity contribution in [3.63, 3.8) is 0 Å². The van der Waals surface area contributed by atoms with Crippen LogP contribution in [0.1, 0.15) is 31.0 Å². The Bertz CT molecular complexity index is 504. The zero-order chi connectivity index (χ0) is 16.9. The van der Waals surface area contributed by atoms with Gasteiger partial charge in [0, 0.05) is 7.11 Å². The smallest absolute Gasteiger partial charge is 0.383 e. The highest BCUT2D eigenvalue weighted by Crippen LogP contribution is 2.32. The van der Waals surface area contributed by atoms with E-state index in [0.29, 0.717) is 5.56 Å². The van der Waals surface area contributed by atoms with Crippen molar-refractivity contribution < 1.29 is 22.7 Å². The lowest BCUT2D eigenvalue weighted by Gasteiger charge is -2.25. The molecule has 0 saturated heterocycles. The van der Waals surface area contributed by atoms with Crippen molar-refractivity contribution in [2.45, 2.75) is 32.1 Å². The van der Waals surface area contributed by atoms with E-state index in [-0.39, 0.29) is 12.5 Å². The van der Waals surface area contributed by atoms with E-state index in [0.717, 1.165) is 12.1 Å². The fraction of sp³-hybridized carbons (Fsp3) is 0.533. The predicted molar refractivity (Wildman–Crippen MR) is 77.0 cm³/mol. The minimum Gasteiger partial charge on any atom is -0.383 e. The van der Waals surface area contributed by atoms with E-state index in [1.165, 1.54) is 13.2 Å². The van der Waals surface area contributed by atoms with Gasteiger partial charge in [0.25, 0.3) is 0 Å². The Balaban J connectivity index is 2.99. The minimum atomic E-state index is -4.42. The van der Waals surface area contributed by atoms with Crippen LogP contribution in [0.4, 0.5) is 13.2 Å². The Morgan fingerprint density at radius 1 is 1.36 bits per heavy atom. The number of nitrogens with one attached hydrogen (secondary N) is 1. The van der Waals surface area contributed by atoms with E-state index in [1.54, 1.807) is 6.07 Å². The average molecular weight is 318 g/mol. The Hall–Kier alpha value is -1.60. The summed E-state index contributed by atoms with van der Waals surface area (Å²) in [7, 11) is 1.42. The first-order valence-corrected chi connectivity index (χ1v) is 6.89. The van der Waals surface area contributed by atoms with Crippen LogP contribution in [-0.4, -0.2) is 25.7 Å². The maximum atomic E-state index is 12.8. The highest BCUT2D eigenvalue weighted by molar-refractivity contribution is 5.82. The SMILES string of the molecule is COCC(N)C(=O)NC(c1cccc(C(F)(F)F)c1)C(C)C. The summed E-state index contributed by atoms with van der Waals surface area (Å²) in [6.07, 6.45) is -4.42. The largest absolute Gasteiger partial charge is 0.416 e. The van der Waals surface area contributed by atoms with E-state index in [9.17, 15) is 18.0 Å². The highest BCUT2D eigenvalue weighted by atomic mass is 19.4. The van der Waals surface area contributed by atoms with Crippen LogP contribution in [0.25, 0.3) is 0 Å². The Kier molecular flexibility index (Phi) is 6.37. The normalized spacial score (nSPS) is 14.7. The van der Waals surface area contributed by atoms with Gasteiger partial charge >= 0.3 is 6.18 Å². The lowest BCUT2D eigenvalue weighted by atomic mass is 9.94. The molecule has 3 N–H and O–H groups in total. The first kappa shape index (κ1) is 18.4. The predicted octanol–water partition coefficient (Wildman–Crippen LogP) is 2.49. The topological polar surface area (TPSA) is 64.3 Å². The summed E-state index contributed by atoms with van der Waals surface area (Å²) in [5.74, 6) is -0.555. The van der Waals surface area contributed by atoms with Crippen LogP contribution in [0, 0.1) is 5.92 Å². The molecule has 7 heteroatoms. The van der Waals surface area contributed by atoms with Crippen molar-refractivity contribution >= 4 is 5.91 Å². The molecule has 2 atom stereocenters. The van der Waals surface area contributed by atoms with E-state index in [1.807, 2.05) is 13.8 Å². The molecule has 0 aliphatic rings. The molecule has 0 spiro atoms. The third-order valence-electron chi connectivity index (χ3n) is 3.22. The summed E-state index contributed by atoms with van der Waals surface area (Å²) in [5, 5.41) is 2.68. The monoisotopic (exact) mass is 318 g/mol. The minimum absolute atomic E-state index is 0.0409. The van der Waals surface area contributed by atoms with Gasteiger partial charge in [0.1, 0.15) is 6.04 Å². The molecule has 0 aliphatic carbocycles. The number of hydrogen-bond acceptors (Lipinski definition) is 3. The molecular weight excluding hydrogens is 297 g/mol. The number of carbonyl (C=O) groups is 1. The molecule has 4 nitrogen and oxygen atoms in total. The van der Waals surface area contributed by atoms with Gasteiger partial charge < -0.3 is 15.8 Å². The van der Waals surface area contributed by atoms with Gasteiger partial charge in [0.2, 0.25) is 5.91 Å². The summed E-state index contributed by atoms with van der Waals surface area (Å²) in [6.45, 7) is 3.67. The number of methoxy groups -OCH3 is 1. The van der Waals surface area contributed by atoms with Crippen molar-refractivity contribution in [2.75, 3.05) is 13.7 Å². The second kappa shape index (κ2) is 7.60. The van der Waals surface area contributed by atoms with Gasteiger partial charge in [-0.05, 0) is 23.6 Å². The molecule has 22 heavy (non-hydrogen) atoms. The summed E-state index contributed by atoms with van der Waals surface area (Å²) in [6, 6.07) is 3.51. The number of ether oxygens (including phenoxy) is 1. The van der Waals surface area contributed by atoms with Crippen LogP contribution in [-0.2, 0) is 15.7 Å². The van der Waals surface area contributed by atoms with Crippen LogP contribution in [0.5, 0.6) is 0 Å². The molecule has 0 aromatic heterocycles. The zero-order valence-corrected chi connectivity index (χ0v) is 12.8. The first-order valence-electron chi connectivity index (χ1n) is 6.89. The lowest BCUT2D eigenvalue weighted by molar-refractivity contribution is -0.137. The van der Waals surface area contributed by atoms with Crippen molar-refractivity contribution in [3.05, 3.63) is 35.4 Å². The molecule has 1 amide bonds. The molecule has 1 aromatic rings. The van der Waals surface area contributed by atoms with Crippen LogP contribution in [0.3, 0.4) is 0 Å². The van der Waals surface area contributed by atoms with Gasteiger partial charge in [0.05, 0.1) is 18.2 Å². The van der Waals surface area contributed by atoms with Crippen molar-refractivity contribution in [1.29, 1.82) is 0 Å². The van der Waals surface area contributed by atoms with Crippen LogP contribution < -0.4 is 11.1 Å². The number of alkyl halides is 3. The number of nitrogens with two attached hydrogens (primary N) is 1. The van der Waals surface area contributed by atoms with E-state index in [2.05, 4.69) is 5.32 Å². The van der Waals surface area contributed by atoms with Gasteiger partial charge in [-0.1, -0.05) is 26.0 Å². The van der Waals surface area contributed by atoms with Crippen molar-refractivity contribution in [1.82, 2.24) is 5.32 Å². The number of benzene rings is 1. The molecule has 0 fully saturated rings. The summed E-state index contributed by atoms with van der Waals surface area (Å²) >= 11 is 0. The fourth-order valence-electron chi connectivity index (χ4n) is 2.06. The van der Waals surface area contributed by atoms with Gasteiger partial charge in [-0.2, -0.15) is 13.2 Å². The number of halogens is 3. The molecule has 0 aliphatic heterocycles. The standard InChI is InChI=1S/C15H21F3N2O2/c1-9(2)13(20-14(21)12(19)8-22-3)10-5-4-6-11(7-10)15(16,17)18/h4-7,9,12-13H,8,19H2,1-3H3,(H,20,21). The van der Waals surface area contributed by atoms with Crippen molar-refractivity contribution in [2.24, 2.45) is 11.7 Å². The number of carbonyl (C=O) groups excluding carboxylic acids is 1. The third kappa shape index (κ3) is 4.99. The molecule has 0 heterocycles. The van der Waals surface area contributed by atoms with Gasteiger partial charge in [-0.3, -0.25) is 4.79 Å². The fourth-order valence-corrected chi connectivity index (χ4v) is 2.06. The maximum Gasteiger partial charge on any atom is 0.416 e. The second-order valence-electron chi connectivity index (χ2n) is 5.42. The molecule has 0 radical (unpaired) electrons. The number of hydrogen-bond donors (Lipinski definition) is 2. The van der Waals surface area contributed by atoms with E-state index < -0.39 is 29.7 Å². The highest BCUT2D eigenvalue weighted by Gasteiger charge is 2.31.